The summed E-state index contributed by atoms with van der Waals surface area (Å²) in [5.41, 5.74) is 2.65. The number of aryl methyl sites for hydroxylation is 1. The largest absolute Gasteiger partial charge is 0.331 e. The van der Waals surface area contributed by atoms with E-state index in [-0.39, 0.29) is 0 Å². The van der Waals surface area contributed by atoms with Crippen molar-refractivity contribution >= 4 is 11.0 Å². The molecule has 1 aromatic heterocycles. The molecule has 2 rings (SSSR count). The first-order valence-corrected chi connectivity index (χ1v) is 5.62. The average molecular weight is 228 g/mol. The monoisotopic (exact) mass is 228 g/mol. The molecule has 1 heterocycles. The summed E-state index contributed by atoms with van der Waals surface area (Å²) in [6.07, 6.45) is 0.917. The number of nitrogens with zero attached hydrogens (tertiary/aromatic N) is 4. The molecule has 88 valence electrons. The fourth-order valence-corrected chi connectivity index (χ4v) is 1.87. The molecular formula is C13H16N4. The van der Waals surface area contributed by atoms with Crippen molar-refractivity contribution in [3.63, 3.8) is 0 Å². The van der Waals surface area contributed by atoms with Crippen molar-refractivity contribution in [3.8, 4) is 6.07 Å². The lowest BCUT2D eigenvalue weighted by Crippen LogP contribution is -2.16. The van der Waals surface area contributed by atoms with Crippen LogP contribution in [0.4, 0.5) is 0 Å². The van der Waals surface area contributed by atoms with Gasteiger partial charge in [0.15, 0.2) is 0 Å². The third-order valence-corrected chi connectivity index (χ3v) is 2.89. The maximum atomic E-state index is 8.86. The third-order valence-electron chi connectivity index (χ3n) is 2.89. The van der Waals surface area contributed by atoms with E-state index in [0.717, 1.165) is 29.8 Å². The number of nitriles is 1. The van der Waals surface area contributed by atoms with Gasteiger partial charge in [0, 0.05) is 20.0 Å². The van der Waals surface area contributed by atoms with Gasteiger partial charge in [-0.1, -0.05) is 0 Å². The van der Waals surface area contributed by atoms with E-state index < -0.39 is 0 Å². The minimum Gasteiger partial charge on any atom is -0.331 e. The molecule has 1 aromatic carbocycles. The van der Waals surface area contributed by atoms with Gasteiger partial charge >= 0.3 is 0 Å². The lowest BCUT2D eigenvalue weighted by Gasteiger charge is -2.08. The molecule has 0 bridgehead atoms. The van der Waals surface area contributed by atoms with Crippen LogP contribution in [-0.2, 0) is 13.5 Å². The topological polar surface area (TPSA) is 44.9 Å². The first-order valence-electron chi connectivity index (χ1n) is 5.62. The molecular weight excluding hydrogens is 212 g/mol. The molecule has 0 aliphatic rings. The highest BCUT2D eigenvalue weighted by molar-refractivity contribution is 5.77. The van der Waals surface area contributed by atoms with Crippen molar-refractivity contribution in [2.24, 2.45) is 7.05 Å². The zero-order valence-electron chi connectivity index (χ0n) is 10.4. The summed E-state index contributed by atoms with van der Waals surface area (Å²) in [5, 5.41) is 8.86. The molecule has 4 nitrogen and oxygen atoms in total. The van der Waals surface area contributed by atoms with E-state index in [2.05, 4.69) is 34.6 Å². The Morgan fingerprint density at radius 1 is 1.41 bits per heavy atom. The second kappa shape index (κ2) is 4.56. The zero-order chi connectivity index (χ0) is 12.4. The van der Waals surface area contributed by atoms with Gasteiger partial charge in [0.05, 0.1) is 22.7 Å². The number of aromatic nitrogens is 2. The first kappa shape index (κ1) is 11.6. The maximum Gasteiger partial charge on any atom is 0.110 e. The SMILES string of the molecule is CN(C)CCc1nc2cc(C#N)ccc2n1C. The standard InChI is InChI=1S/C13H16N4/c1-16(2)7-6-13-15-11-8-10(9-14)4-5-12(11)17(13)3/h4-5,8H,6-7H2,1-3H3. The maximum absolute atomic E-state index is 8.86. The average Bonchev–Trinajstić information content (AvgIpc) is 2.63. The van der Waals surface area contributed by atoms with Crippen LogP contribution in [0.5, 0.6) is 0 Å². The van der Waals surface area contributed by atoms with Crippen LogP contribution in [0.25, 0.3) is 11.0 Å². The fourth-order valence-electron chi connectivity index (χ4n) is 1.87. The van der Waals surface area contributed by atoms with Gasteiger partial charge < -0.3 is 9.47 Å². The summed E-state index contributed by atoms with van der Waals surface area (Å²) in [6.45, 7) is 0.974. The van der Waals surface area contributed by atoms with E-state index in [1.165, 1.54) is 0 Å². The smallest absolute Gasteiger partial charge is 0.110 e. The number of rotatable bonds is 3. The highest BCUT2D eigenvalue weighted by Gasteiger charge is 2.08. The van der Waals surface area contributed by atoms with E-state index >= 15 is 0 Å². The molecule has 0 radical (unpaired) electrons. The summed E-state index contributed by atoms with van der Waals surface area (Å²) < 4.78 is 2.10. The van der Waals surface area contributed by atoms with Gasteiger partial charge in [-0.25, -0.2) is 4.98 Å². The molecule has 0 saturated heterocycles. The zero-order valence-corrected chi connectivity index (χ0v) is 10.4. The van der Waals surface area contributed by atoms with E-state index in [9.17, 15) is 0 Å². The van der Waals surface area contributed by atoms with Crippen molar-refractivity contribution in [2.45, 2.75) is 6.42 Å². The number of likely N-dealkylation sites (N-methyl/N-ethyl adjacent to an activating group) is 1. The minimum atomic E-state index is 0.662. The van der Waals surface area contributed by atoms with Crippen molar-refractivity contribution in [3.05, 3.63) is 29.6 Å². The Morgan fingerprint density at radius 3 is 2.82 bits per heavy atom. The van der Waals surface area contributed by atoms with Crippen LogP contribution in [0.15, 0.2) is 18.2 Å². The van der Waals surface area contributed by atoms with Crippen LogP contribution in [0, 0.1) is 11.3 Å². The quantitative estimate of drug-likeness (QED) is 0.800. The summed E-state index contributed by atoms with van der Waals surface area (Å²) in [5.74, 6) is 1.06. The van der Waals surface area contributed by atoms with E-state index in [1.807, 2.05) is 25.2 Å². The summed E-state index contributed by atoms with van der Waals surface area (Å²) >= 11 is 0. The number of fused-ring (bicyclic) bond motifs is 1. The van der Waals surface area contributed by atoms with E-state index in [1.54, 1.807) is 0 Å². The molecule has 0 aliphatic heterocycles. The van der Waals surface area contributed by atoms with Gasteiger partial charge in [-0.2, -0.15) is 5.26 Å². The molecule has 2 aromatic rings. The number of hydrogen-bond acceptors (Lipinski definition) is 3. The first-order chi connectivity index (χ1) is 8.11. The molecule has 0 amide bonds. The third kappa shape index (κ3) is 2.29. The van der Waals surface area contributed by atoms with Crippen molar-refractivity contribution in [1.82, 2.24) is 14.5 Å². The summed E-state index contributed by atoms with van der Waals surface area (Å²) in [4.78, 5) is 6.72. The fraction of sp³-hybridized carbons (Fsp3) is 0.385. The van der Waals surface area contributed by atoms with E-state index in [4.69, 9.17) is 5.26 Å². The Labute approximate surface area is 101 Å². The van der Waals surface area contributed by atoms with Crippen LogP contribution >= 0.6 is 0 Å². The molecule has 0 spiro atoms. The summed E-state index contributed by atoms with van der Waals surface area (Å²) in [7, 11) is 6.12. The van der Waals surface area contributed by atoms with Gasteiger partial charge in [-0.3, -0.25) is 0 Å². The molecule has 0 atom stereocenters. The summed E-state index contributed by atoms with van der Waals surface area (Å²) in [6, 6.07) is 7.77. The molecule has 0 unspecified atom stereocenters. The normalized spacial score (nSPS) is 11.0. The Kier molecular flexibility index (Phi) is 3.12. The number of hydrogen-bond donors (Lipinski definition) is 0. The number of benzene rings is 1. The Balaban J connectivity index is 2.39. The van der Waals surface area contributed by atoms with Gasteiger partial charge in [0.25, 0.3) is 0 Å². The lowest BCUT2D eigenvalue weighted by atomic mass is 10.2. The van der Waals surface area contributed by atoms with E-state index in [0.29, 0.717) is 5.56 Å². The Morgan fingerprint density at radius 2 is 2.18 bits per heavy atom. The van der Waals surface area contributed by atoms with Gasteiger partial charge in [-0.15, -0.1) is 0 Å². The second-order valence-corrected chi connectivity index (χ2v) is 4.46. The Bertz CT molecular complexity index is 575. The molecule has 0 aliphatic carbocycles. The second-order valence-electron chi connectivity index (χ2n) is 4.46. The highest BCUT2D eigenvalue weighted by atomic mass is 15.1. The highest BCUT2D eigenvalue weighted by Crippen LogP contribution is 2.16. The molecule has 0 fully saturated rings. The van der Waals surface area contributed by atoms with Crippen LogP contribution < -0.4 is 0 Å². The van der Waals surface area contributed by atoms with Crippen LogP contribution in [-0.4, -0.2) is 35.1 Å². The van der Waals surface area contributed by atoms with Crippen LogP contribution in [0.2, 0.25) is 0 Å². The predicted octanol–water partition coefficient (Wildman–Crippen LogP) is 1.55. The van der Waals surface area contributed by atoms with Crippen LogP contribution in [0.3, 0.4) is 0 Å². The van der Waals surface area contributed by atoms with Gasteiger partial charge in [0.1, 0.15) is 5.82 Å². The molecule has 0 saturated carbocycles. The van der Waals surface area contributed by atoms with Crippen molar-refractivity contribution < 1.29 is 0 Å². The molecule has 0 N–H and O–H groups in total. The van der Waals surface area contributed by atoms with Gasteiger partial charge in [-0.05, 0) is 32.3 Å². The predicted molar refractivity (Wildman–Crippen MR) is 67.7 cm³/mol. The lowest BCUT2D eigenvalue weighted by molar-refractivity contribution is 0.408. The van der Waals surface area contributed by atoms with Crippen molar-refractivity contribution in [1.29, 1.82) is 5.26 Å². The Hall–Kier alpha value is -1.86. The molecule has 17 heavy (non-hydrogen) atoms. The number of imidazole rings is 1. The van der Waals surface area contributed by atoms with Crippen molar-refractivity contribution in [2.75, 3.05) is 20.6 Å². The molecule has 4 heteroatoms. The minimum absolute atomic E-state index is 0.662. The van der Waals surface area contributed by atoms with Crippen LogP contribution in [0.1, 0.15) is 11.4 Å². The van der Waals surface area contributed by atoms with Gasteiger partial charge in [0.2, 0.25) is 0 Å².